The van der Waals surface area contributed by atoms with E-state index in [9.17, 15) is 14.3 Å². The van der Waals surface area contributed by atoms with Crippen LogP contribution in [0, 0.1) is 5.82 Å². The van der Waals surface area contributed by atoms with Crippen molar-refractivity contribution >= 4 is 5.91 Å². The molecule has 0 aliphatic carbocycles. The normalized spacial score (nSPS) is 20.2. The molecule has 1 N–H and O–H groups in total. The van der Waals surface area contributed by atoms with E-state index >= 15 is 0 Å². The van der Waals surface area contributed by atoms with Crippen molar-refractivity contribution in [1.29, 1.82) is 0 Å². The number of carbonyl (C=O) groups is 1. The fraction of sp³-hybridized carbons (Fsp3) is 0.368. The number of benzene rings is 1. The van der Waals surface area contributed by atoms with Gasteiger partial charge in [-0.3, -0.25) is 14.7 Å². The van der Waals surface area contributed by atoms with Crippen LogP contribution in [-0.2, 0) is 6.54 Å². The van der Waals surface area contributed by atoms with Gasteiger partial charge in [0.25, 0.3) is 5.91 Å². The molecule has 5 nitrogen and oxygen atoms in total. The Morgan fingerprint density at radius 2 is 1.96 bits per heavy atom. The van der Waals surface area contributed by atoms with E-state index in [0.717, 1.165) is 5.56 Å². The average molecular weight is 343 g/mol. The minimum Gasteiger partial charge on any atom is -0.387 e. The summed E-state index contributed by atoms with van der Waals surface area (Å²) in [6.45, 7) is 1.90. The summed E-state index contributed by atoms with van der Waals surface area (Å²) in [6.07, 6.45) is 3.72. The number of hydrogen-bond donors (Lipinski definition) is 1. The fourth-order valence-electron chi connectivity index (χ4n) is 3.30. The van der Waals surface area contributed by atoms with Gasteiger partial charge in [-0.1, -0.05) is 12.1 Å². The molecule has 0 saturated carbocycles. The minimum atomic E-state index is -0.933. The van der Waals surface area contributed by atoms with Crippen molar-refractivity contribution in [2.24, 2.45) is 0 Å². The van der Waals surface area contributed by atoms with E-state index in [1.165, 1.54) is 12.1 Å². The fourth-order valence-corrected chi connectivity index (χ4v) is 3.30. The summed E-state index contributed by atoms with van der Waals surface area (Å²) in [5, 5.41) is 10.8. The van der Waals surface area contributed by atoms with E-state index in [0.29, 0.717) is 38.2 Å². The van der Waals surface area contributed by atoms with E-state index in [2.05, 4.69) is 4.98 Å². The molecule has 0 unspecified atom stereocenters. The summed E-state index contributed by atoms with van der Waals surface area (Å²) in [5.74, 6) is -0.342. The number of amides is 1. The first kappa shape index (κ1) is 17.5. The molecule has 1 fully saturated rings. The number of halogens is 1. The summed E-state index contributed by atoms with van der Waals surface area (Å²) >= 11 is 0. The van der Waals surface area contributed by atoms with Crippen molar-refractivity contribution < 1.29 is 14.3 Å². The molecule has 0 bridgehead atoms. The zero-order valence-corrected chi connectivity index (χ0v) is 14.2. The van der Waals surface area contributed by atoms with Crippen LogP contribution >= 0.6 is 0 Å². The second-order valence-electron chi connectivity index (χ2n) is 6.74. The Balaban J connectivity index is 1.57. The van der Waals surface area contributed by atoms with Crippen LogP contribution in [0.1, 0.15) is 22.3 Å². The Bertz CT molecular complexity index is 723. The maximum atomic E-state index is 13.0. The number of aliphatic hydroxyl groups is 1. The molecular weight excluding hydrogens is 321 g/mol. The van der Waals surface area contributed by atoms with Crippen molar-refractivity contribution in [3.63, 3.8) is 0 Å². The van der Waals surface area contributed by atoms with Gasteiger partial charge in [0.1, 0.15) is 5.82 Å². The molecule has 1 aliphatic heterocycles. The summed E-state index contributed by atoms with van der Waals surface area (Å²) in [5.41, 5.74) is 0.631. The third-order valence-electron chi connectivity index (χ3n) is 4.48. The zero-order valence-electron chi connectivity index (χ0n) is 14.2. The molecule has 25 heavy (non-hydrogen) atoms. The molecule has 1 aromatic heterocycles. The van der Waals surface area contributed by atoms with Gasteiger partial charge in [-0.05, 0) is 43.3 Å². The van der Waals surface area contributed by atoms with Gasteiger partial charge in [0, 0.05) is 37.6 Å². The molecule has 2 aromatic rings. The molecule has 1 atom stereocenters. The highest BCUT2D eigenvalue weighted by atomic mass is 19.1. The molecule has 132 valence electrons. The monoisotopic (exact) mass is 343 g/mol. The number of nitrogens with zero attached hydrogens (tertiary/aromatic N) is 3. The van der Waals surface area contributed by atoms with Gasteiger partial charge in [0.15, 0.2) is 0 Å². The summed E-state index contributed by atoms with van der Waals surface area (Å²) in [6, 6.07) is 9.71. The van der Waals surface area contributed by atoms with Crippen molar-refractivity contribution in [2.45, 2.75) is 18.6 Å². The maximum Gasteiger partial charge on any atom is 0.254 e. The molecule has 0 spiro atoms. The third kappa shape index (κ3) is 4.41. The van der Waals surface area contributed by atoms with Crippen LogP contribution < -0.4 is 0 Å². The lowest BCUT2D eigenvalue weighted by Gasteiger charge is -2.29. The largest absolute Gasteiger partial charge is 0.387 e. The van der Waals surface area contributed by atoms with E-state index in [4.69, 9.17) is 0 Å². The number of likely N-dealkylation sites (tertiary alicyclic amines) is 1. The molecule has 1 saturated heterocycles. The predicted octanol–water partition coefficient (Wildman–Crippen LogP) is 1.93. The van der Waals surface area contributed by atoms with Crippen molar-refractivity contribution in [1.82, 2.24) is 14.8 Å². The van der Waals surface area contributed by atoms with Gasteiger partial charge < -0.3 is 10.0 Å². The van der Waals surface area contributed by atoms with Crippen LogP contribution in [-0.4, -0.2) is 58.1 Å². The van der Waals surface area contributed by atoms with Gasteiger partial charge in [-0.15, -0.1) is 0 Å². The Labute approximate surface area is 146 Å². The number of β-amino-alcohol motifs (C(OH)–C–C–N with tert-alkyl or cyclic N) is 1. The summed E-state index contributed by atoms with van der Waals surface area (Å²) in [4.78, 5) is 20.1. The number of aromatic nitrogens is 1. The molecule has 6 heteroatoms. The number of carbonyl (C=O) groups excluding carboxylic acids is 1. The van der Waals surface area contributed by atoms with E-state index in [1.807, 2.05) is 11.9 Å². The smallest absolute Gasteiger partial charge is 0.254 e. The van der Waals surface area contributed by atoms with E-state index in [-0.39, 0.29) is 11.7 Å². The third-order valence-corrected chi connectivity index (χ3v) is 4.48. The second kappa shape index (κ2) is 7.29. The minimum absolute atomic E-state index is 0.0838. The highest BCUT2D eigenvalue weighted by Crippen LogP contribution is 2.24. The van der Waals surface area contributed by atoms with Crippen molar-refractivity contribution in [3.8, 4) is 0 Å². The van der Waals surface area contributed by atoms with E-state index in [1.54, 1.807) is 41.6 Å². The number of rotatable bonds is 5. The van der Waals surface area contributed by atoms with Crippen LogP contribution in [0.5, 0.6) is 0 Å². The van der Waals surface area contributed by atoms with Gasteiger partial charge in [-0.2, -0.15) is 0 Å². The molecule has 1 aromatic carbocycles. The Kier molecular flexibility index (Phi) is 5.11. The average Bonchev–Trinajstić information content (AvgIpc) is 2.98. The molecule has 1 amide bonds. The summed E-state index contributed by atoms with van der Waals surface area (Å²) in [7, 11) is 1.91. The number of likely N-dealkylation sites (N-methyl/N-ethyl adjacent to an activating group) is 1. The lowest BCUT2D eigenvalue weighted by atomic mass is 10.0. The van der Waals surface area contributed by atoms with Crippen molar-refractivity contribution in [2.75, 3.05) is 26.7 Å². The molecule has 2 heterocycles. The number of pyridine rings is 1. The van der Waals surface area contributed by atoms with Gasteiger partial charge in [0.05, 0.1) is 12.1 Å². The molecule has 0 radical (unpaired) electrons. The van der Waals surface area contributed by atoms with Gasteiger partial charge in [-0.25, -0.2) is 4.39 Å². The Morgan fingerprint density at radius 1 is 1.28 bits per heavy atom. The van der Waals surface area contributed by atoms with E-state index < -0.39 is 5.60 Å². The van der Waals surface area contributed by atoms with Crippen LogP contribution in [0.15, 0.2) is 48.8 Å². The van der Waals surface area contributed by atoms with Crippen LogP contribution in [0.2, 0.25) is 0 Å². The summed E-state index contributed by atoms with van der Waals surface area (Å²) < 4.78 is 13.0. The quantitative estimate of drug-likeness (QED) is 0.901. The zero-order chi connectivity index (χ0) is 17.9. The maximum absolute atomic E-state index is 13.0. The van der Waals surface area contributed by atoms with Gasteiger partial charge in [0.2, 0.25) is 0 Å². The van der Waals surface area contributed by atoms with Gasteiger partial charge >= 0.3 is 0 Å². The molecule has 3 rings (SSSR count). The molecule has 1 aliphatic rings. The molecular formula is C19H22FN3O2. The predicted molar refractivity (Wildman–Crippen MR) is 92.4 cm³/mol. The SMILES string of the molecule is CN(Cc1ccc(F)cc1)C[C@]1(O)CCN(C(=O)c2ccncc2)C1. The van der Waals surface area contributed by atoms with Crippen LogP contribution in [0.4, 0.5) is 4.39 Å². The van der Waals surface area contributed by atoms with Crippen LogP contribution in [0.3, 0.4) is 0 Å². The standard InChI is InChI=1S/C19H22FN3O2/c1-22(12-15-2-4-17(20)5-3-15)13-19(25)8-11-23(14-19)18(24)16-6-9-21-10-7-16/h2-7,9-10,25H,8,11-14H2,1H3/t19-/m1/s1. The topological polar surface area (TPSA) is 56.7 Å². The first-order valence-electron chi connectivity index (χ1n) is 8.30. The highest BCUT2D eigenvalue weighted by Gasteiger charge is 2.39. The Morgan fingerprint density at radius 3 is 2.64 bits per heavy atom. The first-order chi connectivity index (χ1) is 12.0. The number of hydrogen-bond acceptors (Lipinski definition) is 4. The highest BCUT2D eigenvalue weighted by molar-refractivity contribution is 5.94. The van der Waals surface area contributed by atoms with Crippen molar-refractivity contribution in [3.05, 3.63) is 65.7 Å². The lowest BCUT2D eigenvalue weighted by molar-refractivity contribution is 0.0163. The second-order valence-corrected chi connectivity index (χ2v) is 6.74. The van der Waals surface area contributed by atoms with Crippen LogP contribution in [0.25, 0.3) is 0 Å². The lowest BCUT2D eigenvalue weighted by Crippen LogP contribution is -2.44. The first-order valence-corrected chi connectivity index (χ1v) is 8.30. The Hall–Kier alpha value is -2.31.